The molecule has 1 N–H and O–H groups in total. The lowest BCUT2D eigenvalue weighted by Gasteiger charge is -2.39. The predicted molar refractivity (Wildman–Crippen MR) is 77.5 cm³/mol. The van der Waals surface area contributed by atoms with Crippen LogP contribution in [0.2, 0.25) is 0 Å². The summed E-state index contributed by atoms with van der Waals surface area (Å²) in [6, 6.07) is 8.16. The SMILES string of the molecule is Cc1cccc(OCCN2CCCC(C)(CO)C2)c1. The van der Waals surface area contributed by atoms with Gasteiger partial charge in [0.2, 0.25) is 0 Å². The fraction of sp³-hybridized carbons (Fsp3) is 0.625. The fourth-order valence-electron chi connectivity index (χ4n) is 2.75. The van der Waals surface area contributed by atoms with Gasteiger partial charge in [-0.05, 0) is 44.0 Å². The maximum atomic E-state index is 9.44. The lowest BCUT2D eigenvalue weighted by molar-refractivity contribution is 0.0406. The van der Waals surface area contributed by atoms with E-state index in [9.17, 15) is 5.11 Å². The molecule has 1 atom stereocenters. The van der Waals surface area contributed by atoms with Crippen LogP contribution in [0.5, 0.6) is 5.75 Å². The summed E-state index contributed by atoms with van der Waals surface area (Å²) in [7, 11) is 0. The molecule has 3 nitrogen and oxygen atoms in total. The average Bonchev–Trinajstić information content (AvgIpc) is 2.39. The molecule has 1 aliphatic heterocycles. The minimum Gasteiger partial charge on any atom is -0.492 e. The number of nitrogens with zero attached hydrogens (tertiary/aromatic N) is 1. The van der Waals surface area contributed by atoms with E-state index in [1.54, 1.807) is 0 Å². The molecule has 1 fully saturated rings. The summed E-state index contributed by atoms with van der Waals surface area (Å²) in [4.78, 5) is 2.40. The smallest absolute Gasteiger partial charge is 0.119 e. The molecule has 19 heavy (non-hydrogen) atoms. The number of piperidine rings is 1. The Morgan fingerprint density at radius 2 is 2.26 bits per heavy atom. The third kappa shape index (κ3) is 4.22. The van der Waals surface area contributed by atoms with Crippen molar-refractivity contribution < 1.29 is 9.84 Å². The van der Waals surface area contributed by atoms with Gasteiger partial charge in [-0.25, -0.2) is 0 Å². The molecule has 2 rings (SSSR count). The Morgan fingerprint density at radius 3 is 3.00 bits per heavy atom. The van der Waals surface area contributed by atoms with E-state index >= 15 is 0 Å². The van der Waals surface area contributed by atoms with E-state index in [-0.39, 0.29) is 12.0 Å². The lowest BCUT2D eigenvalue weighted by Crippen LogP contribution is -2.45. The normalized spacial score (nSPS) is 24.4. The molecule has 1 aromatic carbocycles. The van der Waals surface area contributed by atoms with Crippen LogP contribution in [-0.4, -0.2) is 42.9 Å². The van der Waals surface area contributed by atoms with Gasteiger partial charge in [-0.2, -0.15) is 0 Å². The van der Waals surface area contributed by atoms with Crippen molar-refractivity contribution in [2.45, 2.75) is 26.7 Å². The highest BCUT2D eigenvalue weighted by Crippen LogP contribution is 2.28. The number of hydrogen-bond acceptors (Lipinski definition) is 3. The maximum Gasteiger partial charge on any atom is 0.119 e. The molecule has 0 saturated carbocycles. The minimum absolute atomic E-state index is 0.0710. The molecule has 0 radical (unpaired) electrons. The number of aliphatic hydroxyl groups excluding tert-OH is 1. The average molecular weight is 263 g/mol. The Bertz CT molecular complexity index is 407. The highest BCUT2D eigenvalue weighted by molar-refractivity contribution is 5.27. The van der Waals surface area contributed by atoms with E-state index in [2.05, 4.69) is 30.9 Å². The van der Waals surface area contributed by atoms with Crippen molar-refractivity contribution in [3.05, 3.63) is 29.8 Å². The summed E-state index contributed by atoms with van der Waals surface area (Å²) >= 11 is 0. The van der Waals surface area contributed by atoms with Crippen LogP contribution >= 0.6 is 0 Å². The Balaban J connectivity index is 1.76. The van der Waals surface area contributed by atoms with Crippen molar-refractivity contribution in [3.8, 4) is 5.75 Å². The number of rotatable bonds is 5. The summed E-state index contributed by atoms with van der Waals surface area (Å²) in [5.41, 5.74) is 1.30. The first-order chi connectivity index (χ1) is 9.11. The van der Waals surface area contributed by atoms with Gasteiger partial charge in [0.25, 0.3) is 0 Å². The van der Waals surface area contributed by atoms with E-state index in [0.717, 1.165) is 31.8 Å². The van der Waals surface area contributed by atoms with Gasteiger partial charge >= 0.3 is 0 Å². The molecule has 0 aromatic heterocycles. The Kier molecular flexibility index (Phi) is 4.83. The van der Waals surface area contributed by atoms with Gasteiger partial charge in [0, 0.05) is 25.1 Å². The molecule has 1 saturated heterocycles. The van der Waals surface area contributed by atoms with Crippen LogP contribution in [0.4, 0.5) is 0 Å². The molecule has 0 spiro atoms. The van der Waals surface area contributed by atoms with Crippen molar-refractivity contribution >= 4 is 0 Å². The monoisotopic (exact) mass is 263 g/mol. The van der Waals surface area contributed by atoms with E-state index in [0.29, 0.717) is 6.61 Å². The van der Waals surface area contributed by atoms with Crippen LogP contribution in [0.25, 0.3) is 0 Å². The van der Waals surface area contributed by atoms with Crippen molar-refractivity contribution in [2.75, 3.05) is 32.8 Å². The van der Waals surface area contributed by atoms with Gasteiger partial charge in [-0.15, -0.1) is 0 Å². The second kappa shape index (κ2) is 6.40. The summed E-state index contributed by atoms with van der Waals surface area (Å²) in [5, 5.41) is 9.44. The molecular formula is C16H25NO2. The quantitative estimate of drug-likeness (QED) is 0.886. The van der Waals surface area contributed by atoms with Crippen molar-refractivity contribution in [3.63, 3.8) is 0 Å². The molecule has 0 aliphatic carbocycles. The predicted octanol–water partition coefficient (Wildman–Crippen LogP) is 2.47. The van der Waals surface area contributed by atoms with Gasteiger partial charge in [-0.1, -0.05) is 19.1 Å². The van der Waals surface area contributed by atoms with Gasteiger partial charge in [-0.3, -0.25) is 4.90 Å². The van der Waals surface area contributed by atoms with Gasteiger partial charge in [0.05, 0.1) is 0 Å². The topological polar surface area (TPSA) is 32.7 Å². The van der Waals surface area contributed by atoms with Crippen LogP contribution in [-0.2, 0) is 0 Å². The number of aryl methyl sites for hydroxylation is 1. The maximum absolute atomic E-state index is 9.44. The summed E-state index contributed by atoms with van der Waals surface area (Å²) in [6.45, 7) is 8.26. The lowest BCUT2D eigenvalue weighted by atomic mass is 9.83. The third-order valence-electron chi connectivity index (χ3n) is 3.91. The van der Waals surface area contributed by atoms with Gasteiger partial charge < -0.3 is 9.84 Å². The molecule has 3 heteroatoms. The molecule has 0 bridgehead atoms. The van der Waals surface area contributed by atoms with Gasteiger partial charge in [0.1, 0.15) is 12.4 Å². The van der Waals surface area contributed by atoms with Gasteiger partial charge in [0.15, 0.2) is 0 Å². The largest absolute Gasteiger partial charge is 0.492 e. The summed E-state index contributed by atoms with van der Waals surface area (Å²) in [6.07, 6.45) is 2.29. The molecule has 0 amide bonds. The Hall–Kier alpha value is -1.06. The van der Waals surface area contributed by atoms with E-state index < -0.39 is 0 Å². The third-order valence-corrected chi connectivity index (χ3v) is 3.91. The molecule has 1 unspecified atom stereocenters. The zero-order valence-electron chi connectivity index (χ0n) is 12.1. The summed E-state index contributed by atoms with van der Waals surface area (Å²) < 4.78 is 5.79. The first kappa shape index (κ1) is 14.4. The number of ether oxygens (including phenoxy) is 1. The zero-order valence-corrected chi connectivity index (χ0v) is 12.1. The highest BCUT2D eigenvalue weighted by atomic mass is 16.5. The van der Waals surface area contributed by atoms with Crippen molar-refractivity contribution in [2.24, 2.45) is 5.41 Å². The van der Waals surface area contributed by atoms with E-state index in [4.69, 9.17) is 4.74 Å². The zero-order chi connectivity index (χ0) is 13.7. The number of benzene rings is 1. The molecule has 1 aromatic rings. The van der Waals surface area contributed by atoms with Crippen LogP contribution in [0, 0.1) is 12.3 Å². The second-order valence-electron chi connectivity index (χ2n) is 6.01. The number of likely N-dealkylation sites (tertiary alicyclic amines) is 1. The number of hydrogen-bond donors (Lipinski definition) is 1. The summed E-state index contributed by atoms with van der Waals surface area (Å²) in [5.74, 6) is 0.946. The van der Waals surface area contributed by atoms with Crippen LogP contribution < -0.4 is 4.74 Å². The van der Waals surface area contributed by atoms with E-state index in [1.165, 1.54) is 12.0 Å². The first-order valence-corrected chi connectivity index (χ1v) is 7.14. The van der Waals surface area contributed by atoms with Crippen LogP contribution in [0.3, 0.4) is 0 Å². The van der Waals surface area contributed by atoms with Crippen molar-refractivity contribution in [1.29, 1.82) is 0 Å². The molecule has 106 valence electrons. The van der Waals surface area contributed by atoms with Crippen LogP contribution in [0.15, 0.2) is 24.3 Å². The first-order valence-electron chi connectivity index (χ1n) is 7.14. The minimum atomic E-state index is 0.0710. The Labute approximate surface area is 116 Å². The highest BCUT2D eigenvalue weighted by Gasteiger charge is 2.29. The molecule has 1 heterocycles. The Morgan fingerprint density at radius 1 is 1.42 bits per heavy atom. The fourth-order valence-corrected chi connectivity index (χ4v) is 2.75. The molecular weight excluding hydrogens is 238 g/mol. The van der Waals surface area contributed by atoms with Crippen LogP contribution in [0.1, 0.15) is 25.3 Å². The number of aliphatic hydroxyl groups is 1. The van der Waals surface area contributed by atoms with Crippen molar-refractivity contribution in [1.82, 2.24) is 4.90 Å². The standard InChI is InChI=1S/C16H25NO2/c1-14-5-3-6-15(11-14)19-10-9-17-8-4-7-16(2,12-17)13-18/h3,5-6,11,18H,4,7-10,12-13H2,1-2H3. The second-order valence-corrected chi connectivity index (χ2v) is 6.01. The molecule has 1 aliphatic rings. The van der Waals surface area contributed by atoms with E-state index in [1.807, 2.05) is 12.1 Å².